The van der Waals surface area contributed by atoms with E-state index in [0.29, 0.717) is 13.0 Å². The van der Waals surface area contributed by atoms with Crippen LogP contribution in [0.5, 0.6) is 0 Å². The summed E-state index contributed by atoms with van der Waals surface area (Å²) in [5.41, 5.74) is 0. The third kappa shape index (κ3) is 3.95. The zero-order chi connectivity index (χ0) is 13.7. The van der Waals surface area contributed by atoms with Crippen LogP contribution in [0.25, 0.3) is 0 Å². The molecule has 1 aliphatic carbocycles. The molecule has 0 aromatic heterocycles. The Balaban J connectivity index is 1.82. The monoisotopic (exact) mass is 267 g/mol. The molecule has 4 nitrogen and oxygen atoms in total. The number of ether oxygens (including phenoxy) is 1. The van der Waals surface area contributed by atoms with Crippen molar-refractivity contribution >= 4 is 11.9 Å². The minimum atomic E-state index is -0.105. The lowest BCUT2D eigenvalue weighted by atomic mass is 9.96. The quantitative estimate of drug-likeness (QED) is 0.738. The SMILES string of the molecule is CCC(=O)N1CCCC(C(=O)OC2CCCCC2)C1. The first-order chi connectivity index (χ1) is 9.20. The molecule has 0 spiro atoms. The molecule has 0 bridgehead atoms. The first-order valence-corrected chi connectivity index (χ1v) is 7.69. The number of esters is 1. The maximum atomic E-state index is 12.2. The molecule has 2 aliphatic rings. The summed E-state index contributed by atoms with van der Waals surface area (Å²) in [6.45, 7) is 3.21. The third-order valence-electron chi connectivity index (χ3n) is 4.24. The molecule has 1 saturated heterocycles. The Morgan fingerprint density at radius 1 is 1.11 bits per heavy atom. The van der Waals surface area contributed by atoms with E-state index in [0.717, 1.165) is 32.2 Å². The fraction of sp³-hybridized carbons (Fsp3) is 0.867. The van der Waals surface area contributed by atoms with Gasteiger partial charge in [-0.1, -0.05) is 13.3 Å². The summed E-state index contributed by atoms with van der Waals surface area (Å²) >= 11 is 0. The van der Waals surface area contributed by atoms with Crippen LogP contribution >= 0.6 is 0 Å². The van der Waals surface area contributed by atoms with Crippen LogP contribution in [-0.4, -0.2) is 36.0 Å². The summed E-state index contributed by atoms with van der Waals surface area (Å²) in [6.07, 6.45) is 8.03. The van der Waals surface area contributed by atoms with Gasteiger partial charge >= 0.3 is 5.97 Å². The van der Waals surface area contributed by atoms with Gasteiger partial charge in [-0.05, 0) is 38.5 Å². The second kappa shape index (κ2) is 6.92. The lowest BCUT2D eigenvalue weighted by Gasteiger charge is -2.32. The molecule has 2 rings (SSSR count). The number of hydrogen-bond donors (Lipinski definition) is 0. The highest BCUT2D eigenvalue weighted by atomic mass is 16.5. The maximum absolute atomic E-state index is 12.2. The van der Waals surface area contributed by atoms with E-state index in [1.807, 2.05) is 11.8 Å². The average molecular weight is 267 g/mol. The first kappa shape index (κ1) is 14.4. The molecule has 1 saturated carbocycles. The summed E-state index contributed by atoms with van der Waals surface area (Å²) in [4.78, 5) is 25.7. The van der Waals surface area contributed by atoms with E-state index >= 15 is 0 Å². The molecule has 0 radical (unpaired) electrons. The summed E-state index contributed by atoms with van der Waals surface area (Å²) < 4.78 is 5.62. The molecule has 0 N–H and O–H groups in total. The van der Waals surface area contributed by atoms with E-state index in [1.54, 1.807) is 0 Å². The Kier molecular flexibility index (Phi) is 5.23. The molecular weight excluding hydrogens is 242 g/mol. The van der Waals surface area contributed by atoms with E-state index in [4.69, 9.17) is 4.74 Å². The minimum Gasteiger partial charge on any atom is -0.462 e. The molecule has 2 fully saturated rings. The van der Waals surface area contributed by atoms with Gasteiger partial charge < -0.3 is 9.64 Å². The zero-order valence-corrected chi connectivity index (χ0v) is 11.9. The van der Waals surface area contributed by atoms with Gasteiger partial charge in [-0.3, -0.25) is 9.59 Å². The molecule has 1 atom stereocenters. The Labute approximate surface area is 115 Å². The number of carbonyl (C=O) groups is 2. The topological polar surface area (TPSA) is 46.6 Å². The van der Waals surface area contributed by atoms with Crippen LogP contribution in [0.2, 0.25) is 0 Å². The number of hydrogen-bond acceptors (Lipinski definition) is 3. The minimum absolute atomic E-state index is 0.0829. The van der Waals surface area contributed by atoms with Gasteiger partial charge in [0.1, 0.15) is 6.10 Å². The number of carbonyl (C=O) groups excluding carboxylic acids is 2. The van der Waals surface area contributed by atoms with Gasteiger partial charge in [-0.2, -0.15) is 0 Å². The summed E-state index contributed by atoms with van der Waals surface area (Å²) in [6, 6.07) is 0. The average Bonchev–Trinajstić information content (AvgIpc) is 2.47. The van der Waals surface area contributed by atoms with Crippen molar-refractivity contribution < 1.29 is 14.3 Å². The molecule has 1 aliphatic heterocycles. The Bertz CT molecular complexity index is 323. The van der Waals surface area contributed by atoms with Gasteiger partial charge in [0.25, 0.3) is 0 Å². The van der Waals surface area contributed by atoms with E-state index < -0.39 is 0 Å². The lowest BCUT2D eigenvalue weighted by molar-refractivity contribution is -0.158. The number of piperidine rings is 1. The molecule has 108 valence electrons. The maximum Gasteiger partial charge on any atom is 0.311 e. The summed E-state index contributed by atoms with van der Waals surface area (Å²) in [5, 5.41) is 0. The normalized spacial score (nSPS) is 25.1. The van der Waals surface area contributed by atoms with Crippen LogP contribution in [0.3, 0.4) is 0 Å². The van der Waals surface area contributed by atoms with Crippen molar-refractivity contribution in [1.82, 2.24) is 4.90 Å². The predicted molar refractivity (Wildman–Crippen MR) is 72.6 cm³/mol. The zero-order valence-electron chi connectivity index (χ0n) is 11.9. The van der Waals surface area contributed by atoms with Crippen molar-refractivity contribution in [2.75, 3.05) is 13.1 Å². The smallest absolute Gasteiger partial charge is 0.311 e. The van der Waals surface area contributed by atoms with Crippen LogP contribution in [-0.2, 0) is 14.3 Å². The molecule has 1 amide bonds. The van der Waals surface area contributed by atoms with Crippen molar-refractivity contribution in [2.24, 2.45) is 5.92 Å². The van der Waals surface area contributed by atoms with Crippen molar-refractivity contribution in [3.05, 3.63) is 0 Å². The van der Waals surface area contributed by atoms with Crippen LogP contribution in [0, 0.1) is 5.92 Å². The third-order valence-corrected chi connectivity index (χ3v) is 4.24. The fourth-order valence-electron chi connectivity index (χ4n) is 3.06. The van der Waals surface area contributed by atoms with Gasteiger partial charge in [0, 0.05) is 19.5 Å². The van der Waals surface area contributed by atoms with Gasteiger partial charge in [-0.25, -0.2) is 0 Å². The van der Waals surface area contributed by atoms with Crippen molar-refractivity contribution in [2.45, 2.75) is 64.4 Å². The highest BCUT2D eigenvalue weighted by Crippen LogP contribution is 2.24. The second-order valence-electron chi connectivity index (χ2n) is 5.73. The van der Waals surface area contributed by atoms with E-state index in [2.05, 4.69) is 0 Å². The molecule has 1 unspecified atom stereocenters. The van der Waals surface area contributed by atoms with Gasteiger partial charge in [0.05, 0.1) is 5.92 Å². The Hall–Kier alpha value is -1.06. The van der Waals surface area contributed by atoms with Crippen LogP contribution in [0.15, 0.2) is 0 Å². The van der Waals surface area contributed by atoms with E-state index in [9.17, 15) is 9.59 Å². The van der Waals surface area contributed by atoms with Crippen LogP contribution in [0.4, 0.5) is 0 Å². The number of rotatable bonds is 3. The summed E-state index contributed by atoms with van der Waals surface area (Å²) in [7, 11) is 0. The van der Waals surface area contributed by atoms with Crippen molar-refractivity contribution in [1.29, 1.82) is 0 Å². The first-order valence-electron chi connectivity index (χ1n) is 7.69. The highest BCUT2D eigenvalue weighted by Gasteiger charge is 2.30. The standard InChI is InChI=1S/C15H25NO3/c1-2-14(17)16-10-6-7-12(11-16)15(18)19-13-8-4-3-5-9-13/h12-13H,2-11H2,1H3. The molecular formula is C15H25NO3. The van der Waals surface area contributed by atoms with Crippen molar-refractivity contribution in [3.8, 4) is 0 Å². The highest BCUT2D eigenvalue weighted by molar-refractivity contribution is 5.78. The molecule has 1 heterocycles. The summed E-state index contributed by atoms with van der Waals surface area (Å²) in [5.74, 6) is -0.0400. The Morgan fingerprint density at radius 2 is 1.84 bits per heavy atom. The predicted octanol–water partition coefficient (Wildman–Crippen LogP) is 2.51. The largest absolute Gasteiger partial charge is 0.462 e. The fourth-order valence-corrected chi connectivity index (χ4v) is 3.06. The van der Waals surface area contributed by atoms with Gasteiger partial charge in [0.15, 0.2) is 0 Å². The number of nitrogens with zero attached hydrogens (tertiary/aromatic N) is 1. The lowest BCUT2D eigenvalue weighted by Crippen LogP contribution is -2.43. The number of amides is 1. The van der Waals surface area contributed by atoms with E-state index in [-0.39, 0.29) is 23.9 Å². The molecule has 4 heteroatoms. The second-order valence-corrected chi connectivity index (χ2v) is 5.73. The van der Waals surface area contributed by atoms with Crippen LogP contribution in [0.1, 0.15) is 58.3 Å². The Morgan fingerprint density at radius 3 is 2.53 bits per heavy atom. The van der Waals surface area contributed by atoms with Gasteiger partial charge in [0.2, 0.25) is 5.91 Å². The van der Waals surface area contributed by atoms with E-state index in [1.165, 1.54) is 19.3 Å². The van der Waals surface area contributed by atoms with Crippen LogP contribution < -0.4 is 0 Å². The number of likely N-dealkylation sites (tertiary alicyclic amines) is 1. The van der Waals surface area contributed by atoms with Gasteiger partial charge in [-0.15, -0.1) is 0 Å². The van der Waals surface area contributed by atoms with Crippen molar-refractivity contribution in [3.63, 3.8) is 0 Å². The molecule has 0 aromatic rings. The molecule has 0 aromatic carbocycles. The molecule has 19 heavy (non-hydrogen) atoms.